The van der Waals surface area contributed by atoms with Crippen LogP contribution in [0.15, 0.2) is 18.2 Å². The maximum absolute atomic E-state index is 10.6. The van der Waals surface area contributed by atoms with E-state index >= 15 is 0 Å². The minimum absolute atomic E-state index is 0.00370. The molecule has 2 aromatic rings. The highest BCUT2D eigenvalue weighted by atomic mass is 16.5. The van der Waals surface area contributed by atoms with Crippen molar-refractivity contribution in [2.75, 3.05) is 34.0 Å². The molecular formula is C21H27O7. The van der Waals surface area contributed by atoms with Crippen LogP contribution in [0.1, 0.15) is 18.1 Å². The maximum Gasteiger partial charge on any atom is 0.169 e. The van der Waals surface area contributed by atoms with E-state index in [4.69, 9.17) is 19.3 Å². The minimum atomic E-state index is -0.950. The Morgan fingerprint density at radius 3 is 2.46 bits per heavy atom. The average molecular weight is 391 g/mol. The Balaban J connectivity index is 2.52. The van der Waals surface area contributed by atoms with Crippen molar-refractivity contribution < 1.29 is 34.6 Å². The highest BCUT2D eigenvalue weighted by Gasteiger charge is 2.22. The second-order valence-corrected chi connectivity index (χ2v) is 6.22. The normalized spacial score (nSPS) is 12.0. The van der Waals surface area contributed by atoms with Gasteiger partial charge in [0.15, 0.2) is 11.5 Å². The maximum atomic E-state index is 10.6. The van der Waals surface area contributed by atoms with Crippen molar-refractivity contribution in [3.63, 3.8) is 0 Å². The lowest BCUT2D eigenvalue weighted by Gasteiger charge is -2.20. The number of phenolic OH excluding ortho intramolecular Hbond substituents is 2. The largest absolute Gasteiger partial charge is 0.508 e. The summed E-state index contributed by atoms with van der Waals surface area (Å²) in [5, 5.41) is 39.2. The molecule has 1 radical (unpaired) electrons. The molecule has 0 aromatic heterocycles. The van der Waals surface area contributed by atoms with Gasteiger partial charge in [-0.1, -0.05) is 6.92 Å². The van der Waals surface area contributed by atoms with Crippen LogP contribution in [0.25, 0.3) is 11.1 Å². The third kappa shape index (κ3) is 4.67. The Morgan fingerprint density at radius 1 is 1.11 bits per heavy atom. The first kappa shape index (κ1) is 21.8. The molecule has 0 aliphatic rings. The Labute approximate surface area is 164 Å². The van der Waals surface area contributed by atoms with Crippen LogP contribution in [-0.4, -0.2) is 60.6 Å². The zero-order valence-electron chi connectivity index (χ0n) is 16.4. The van der Waals surface area contributed by atoms with Crippen LogP contribution in [0.4, 0.5) is 0 Å². The van der Waals surface area contributed by atoms with Crippen molar-refractivity contribution in [1.29, 1.82) is 0 Å². The lowest BCUT2D eigenvalue weighted by Crippen LogP contribution is -2.20. The SMILES string of the molecule is CCc1c(O)cc(O)c(-c2[c]ccc(OC)c2OC)c1CCOCC(O)CO. The van der Waals surface area contributed by atoms with Crippen LogP contribution in [0.2, 0.25) is 0 Å². The molecule has 4 N–H and O–H groups in total. The smallest absolute Gasteiger partial charge is 0.169 e. The molecule has 0 amide bonds. The second-order valence-electron chi connectivity index (χ2n) is 6.22. The van der Waals surface area contributed by atoms with Gasteiger partial charge in [-0.25, -0.2) is 0 Å². The van der Waals surface area contributed by atoms with E-state index in [-0.39, 0.29) is 31.3 Å². The molecule has 0 heterocycles. The molecule has 0 aliphatic carbocycles. The van der Waals surface area contributed by atoms with E-state index in [2.05, 4.69) is 6.07 Å². The molecule has 0 spiro atoms. The third-order valence-electron chi connectivity index (χ3n) is 4.46. The number of benzene rings is 2. The monoisotopic (exact) mass is 391 g/mol. The van der Waals surface area contributed by atoms with Gasteiger partial charge in [-0.3, -0.25) is 0 Å². The summed E-state index contributed by atoms with van der Waals surface area (Å²) < 4.78 is 16.3. The summed E-state index contributed by atoms with van der Waals surface area (Å²) in [6.07, 6.45) is -0.0400. The van der Waals surface area contributed by atoms with Gasteiger partial charge in [0.05, 0.1) is 34.0 Å². The molecule has 0 aliphatic heterocycles. The zero-order chi connectivity index (χ0) is 20.7. The van der Waals surface area contributed by atoms with Gasteiger partial charge < -0.3 is 34.6 Å². The van der Waals surface area contributed by atoms with E-state index in [1.54, 1.807) is 12.1 Å². The molecule has 153 valence electrons. The van der Waals surface area contributed by atoms with Crippen molar-refractivity contribution in [2.24, 2.45) is 0 Å². The number of ether oxygens (including phenoxy) is 3. The van der Waals surface area contributed by atoms with Crippen LogP contribution in [-0.2, 0) is 17.6 Å². The quantitative estimate of drug-likeness (QED) is 0.459. The molecule has 2 aromatic carbocycles. The Morgan fingerprint density at radius 2 is 1.86 bits per heavy atom. The average Bonchev–Trinajstić information content (AvgIpc) is 2.70. The van der Waals surface area contributed by atoms with Crippen molar-refractivity contribution in [1.82, 2.24) is 0 Å². The molecule has 0 fully saturated rings. The van der Waals surface area contributed by atoms with E-state index in [0.717, 1.165) is 0 Å². The fourth-order valence-corrected chi connectivity index (χ4v) is 3.16. The molecule has 1 atom stereocenters. The van der Waals surface area contributed by atoms with Crippen LogP contribution < -0.4 is 9.47 Å². The van der Waals surface area contributed by atoms with Gasteiger partial charge in [0.1, 0.15) is 17.6 Å². The predicted octanol–water partition coefficient (Wildman–Crippen LogP) is 2.06. The fraction of sp³-hybridized carbons (Fsp3) is 0.429. The van der Waals surface area contributed by atoms with Gasteiger partial charge in [-0.05, 0) is 42.2 Å². The highest BCUT2D eigenvalue weighted by Crippen LogP contribution is 2.46. The summed E-state index contributed by atoms with van der Waals surface area (Å²) >= 11 is 0. The number of hydrogen-bond acceptors (Lipinski definition) is 7. The van der Waals surface area contributed by atoms with Gasteiger partial charge in [-0.2, -0.15) is 0 Å². The number of phenols is 2. The van der Waals surface area contributed by atoms with Crippen LogP contribution in [0, 0.1) is 6.07 Å². The first-order valence-corrected chi connectivity index (χ1v) is 9.04. The number of aliphatic hydroxyl groups is 2. The molecule has 28 heavy (non-hydrogen) atoms. The summed E-state index contributed by atoms with van der Waals surface area (Å²) in [4.78, 5) is 0. The summed E-state index contributed by atoms with van der Waals surface area (Å²) in [6.45, 7) is 1.75. The molecule has 7 nitrogen and oxygen atoms in total. The highest BCUT2D eigenvalue weighted by molar-refractivity contribution is 5.82. The summed E-state index contributed by atoms with van der Waals surface area (Å²) in [5.41, 5.74) is 2.37. The molecule has 0 saturated heterocycles. The van der Waals surface area contributed by atoms with Gasteiger partial charge in [0.25, 0.3) is 0 Å². The predicted molar refractivity (Wildman–Crippen MR) is 104 cm³/mol. The fourth-order valence-electron chi connectivity index (χ4n) is 3.16. The molecule has 0 bridgehead atoms. The molecule has 2 rings (SSSR count). The third-order valence-corrected chi connectivity index (χ3v) is 4.46. The summed E-state index contributed by atoms with van der Waals surface area (Å²) in [5.74, 6) is 0.805. The minimum Gasteiger partial charge on any atom is -0.508 e. The zero-order valence-corrected chi connectivity index (χ0v) is 16.4. The molecule has 1 unspecified atom stereocenters. The Bertz CT molecular complexity index is 789. The molecule has 7 heteroatoms. The summed E-state index contributed by atoms with van der Waals surface area (Å²) in [7, 11) is 3.03. The van der Waals surface area contributed by atoms with Crippen molar-refractivity contribution in [3.05, 3.63) is 35.4 Å². The van der Waals surface area contributed by atoms with Crippen LogP contribution in [0.5, 0.6) is 23.0 Å². The number of methoxy groups -OCH3 is 2. The van der Waals surface area contributed by atoms with E-state index < -0.39 is 6.10 Å². The van der Waals surface area contributed by atoms with E-state index in [0.29, 0.717) is 46.6 Å². The van der Waals surface area contributed by atoms with E-state index in [9.17, 15) is 15.3 Å². The van der Waals surface area contributed by atoms with E-state index in [1.165, 1.54) is 20.3 Å². The number of hydrogen-bond donors (Lipinski definition) is 4. The first-order chi connectivity index (χ1) is 13.5. The van der Waals surface area contributed by atoms with Crippen molar-refractivity contribution >= 4 is 0 Å². The number of rotatable bonds is 10. The standard InChI is InChI=1S/C21H27O7/c1-4-14-15(8-9-28-12-13(23)11-22)20(18(25)10-17(14)24)16-6-5-7-19(26-2)21(16)27-3/h5,7,10,13,22-25H,4,8-9,11-12H2,1-3H3. The molecular weight excluding hydrogens is 364 g/mol. The van der Waals surface area contributed by atoms with Crippen LogP contribution >= 0.6 is 0 Å². The lowest BCUT2D eigenvalue weighted by atomic mass is 9.90. The Kier molecular flexibility index (Phi) is 7.92. The molecule has 0 saturated carbocycles. The second kappa shape index (κ2) is 10.2. The van der Waals surface area contributed by atoms with Gasteiger partial charge in [-0.15, -0.1) is 0 Å². The van der Waals surface area contributed by atoms with Crippen LogP contribution in [0.3, 0.4) is 0 Å². The van der Waals surface area contributed by atoms with Crippen molar-refractivity contribution in [2.45, 2.75) is 25.9 Å². The number of aliphatic hydroxyl groups excluding tert-OH is 2. The lowest BCUT2D eigenvalue weighted by molar-refractivity contribution is 0.00720. The Hall–Kier alpha value is -2.48. The summed E-state index contributed by atoms with van der Waals surface area (Å²) in [6, 6.07) is 7.78. The van der Waals surface area contributed by atoms with E-state index in [1.807, 2.05) is 6.92 Å². The first-order valence-electron chi connectivity index (χ1n) is 9.04. The van der Waals surface area contributed by atoms with Gasteiger partial charge in [0.2, 0.25) is 0 Å². The van der Waals surface area contributed by atoms with Crippen molar-refractivity contribution in [3.8, 4) is 34.1 Å². The topological polar surface area (TPSA) is 109 Å². The van der Waals surface area contributed by atoms with Gasteiger partial charge in [0, 0.05) is 17.2 Å². The number of aromatic hydroxyl groups is 2. The van der Waals surface area contributed by atoms with Gasteiger partial charge >= 0.3 is 0 Å².